The van der Waals surface area contributed by atoms with E-state index in [0.29, 0.717) is 17.9 Å². The van der Waals surface area contributed by atoms with Crippen LogP contribution in [0, 0.1) is 0 Å². The van der Waals surface area contributed by atoms with Crippen molar-refractivity contribution in [3.63, 3.8) is 0 Å². The molecule has 2 atom stereocenters. The number of fused-ring (bicyclic) bond motifs is 3. The second kappa shape index (κ2) is 6.46. The molecule has 0 saturated carbocycles. The highest BCUT2D eigenvalue weighted by Gasteiger charge is 2.45. The largest absolute Gasteiger partial charge is 0.487 e. The molecule has 1 aromatic carbocycles. The van der Waals surface area contributed by atoms with Crippen molar-refractivity contribution >= 4 is 5.69 Å². The van der Waals surface area contributed by atoms with Crippen molar-refractivity contribution in [3.05, 3.63) is 53.3 Å². The number of hydrogen-bond donors (Lipinski definition) is 1. The molecule has 0 spiro atoms. The third-order valence-electron chi connectivity index (χ3n) is 5.23. The lowest BCUT2D eigenvalue weighted by molar-refractivity contribution is -0.137. The molecule has 2 aromatic rings. The molecule has 26 heavy (non-hydrogen) atoms. The van der Waals surface area contributed by atoms with Gasteiger partial charge in [0.15, 0.2) is 0 Å². The summed E-state index contributed by atoms with van der Waals surface area (Å²) in [5, 5.41) is 3.29. The highest BCUT2D eigenvalue weighted by Crippen LogP contribution is 2.50. The lowest BCUT2D eigenvalue weighted by atomic mass is 9.89. The van der Waals surface area contributed by atoms with E-state index >= 15 is 0 Å². The number of benzene rings is 1. The van der Waals surface area contributed by atoms with Gasteiger partial charge < -0.3 is 15.0 Å². The lowest BCUT2D eigenvalue weighted by Gasteiger charge is -2.31. The Hall–Kier alpha value is -2.28. The van der Waals surface area contributed by atoms with Crippen LogP contribution in [-0.2, 0) is 12.8 Å². The van der Waals surface area contributed by atoms with Gasteiger partial charge in [-0.3, -0.25) is 4.98 Å². The van der Waals surface area contributed by atoms with Crippen LogP contribution in [0.25, 0.3) is 0 Å². The molecular formula is C19H20F3N3O. The highest BCUT2D eigenvalue weighted by atomic mass is 19.4. The zero-order valence-electron chi connectivity index (χ0n) is 14.4. The van der Waals surface area contributed by atoms with Gasteiger partial charge in [-0.1, -0.05) is 6.07 Å². The number of anilines is 1. The number of pyridine rings is 1. The Morgan fingerprint density at radius 3 is 2.88 bits per heavy atom. The zero-order chi connectivity index (χ0) is 18.3. The molecule has 138 valence electrons. The van der Waals surface area contributed by atoms with Crippen molar-refractivity contribution in [2.45, 2.75) is 31.2 Å². The summed E-state index contributed by atoms with van der Waals surface area (Å²) in [7, 11) is 1.76. The molecule has 4 nitrogen and oxygen atoms in total. The van der Waals surface area contributed by atoms with Crippen molar-refractivity contribution in [2.24, 2.45) is 0 Å². The van der Waals surface area contributed by atoms with E-state index < -0.39 is 11.7 Å². The summed E-state index contributed by atoms with van der Waals surface area (Å²) in [4.78, 5) is 5.95. The number of nitrogens with zero attached hydrogens (tertiary/aromatic N) is 2. The molecule has 3 heterocycles. The van der Waals surface area contributed by atoms with Gasteiger partial charge >= 0.3 is 6.18 Å². The van der Waals surface area contributed by atoms with Crippen molar-refractivity contribution in [1.82, 2.24) is 10.3 Å². The van der Waals surface area contributed by atoms with Crippen LogP contribution in [0.2, 0.25) is 0 Å². The molecule has 1 saturated heterocycles. The van der Waals surface area contributed by atoms with E-state index in [9.17, 15) is 13.2 Å². The molecule has 0 bridgehead atoms. The maximum absolute atomic E-state index is 13.7. The van der Waals surface area contributed by atoms with Gasteiger partial charge in [-0.15, -0.1) is 0 Å². The van der Waals surface area contributed by atoms with E-state index in [1.54, 1.807) is 36.3 Å². The van der Waals surface area contributed by atoms with Gasteiger partial charge in [-0.2, -0.15) is 13.2 Å². The lowest BCUT2D eigenvalue weighted by Crippen LogP contribution is -2.42. The summed E-state index contributed by atoms with van der Waals surface area (Å²) < 4.78 is 46.8. The molecule has 0 unspecified atom stereocenters. The Morgan fingerprint density at radius 1 is 1.31 bits per heavy atom. The van der Waals surface area contributed by atoms with Gasteiger partial charge in [-0.25, -0.2) is 0 Å². The predicted molar refractivity (Wildman–Crippen MR) is 92.4 cm³/mol. The third kappa shape index (κ3) is 3.00. The summed E-state index contributed by atoms with van der Waals surface area (Å²) in [5.41, 5.74) is 1.07. The number of halogens is 3. The summed E-state index contributed by atoms with van der Waals surface area (Å²) in [6.07, 6.45) is -1.96. The first-order chi connectivity index (χ1) is 12.4. The van der Waals surface area contributed by atoms with Crippen LogP contribution in [0.15, 0.2) is 36.5 Å². The molecule has 4 rings (SSSR count). The first-order valence-corrected chi connectivity index (χ1v) is 8.66. The van der Waals surface area contributed by atoms with Crippen molar-refractivity contribution in [2.75, 3.05) is 25.0 Å². The summed E-state index contributed by atoms with van der Waals surface area (Å²) in [6.45, 7) is 1.64. The van der Waals surface area contributed by atoms with Gasteiger partial charge in [0.2, 0.25) is 0 Å². The summed E-state index contributed by atoms with van der Waals surface area (Å²) in [6, 6.07) is 8.37. The third-order valence-corrected chi connectivity index (χ3v) is 5.23. The fourth-order valence-corrected chi connectivity index (χ4v) is 4.04. The van der Waals surface area contributed by atoms with Gasteiger partial charge in [0, 0.05) is 31.7 Å². The first kappa shape index (κ1) is 17.1. The molecule has 1 aromatic heterocycles. The summed E-state index contributed by atoms with van der Waals surface area (Å²) in [5.74, 6) is 0.282. The fraction of sp³-hybridized carbons (Fsp3) is 0.421. The Morgan fingerprint density at radius 2 is 2.15 bits per heavy atom. The molecule has 0 radical (unpaired) electrons. The topological polar surface area (TPSA) is 37.4 Å². The van der Waals surface area contributed by atoms with Crippen LogP contribution in [-0.4, -0.2) is 31.2 Å². The molecule has 1 fully saturated rings. The minimum absolute atomic E-state index is 0.0447. The molecule has 0 amide bonds. The van der Waals surface area contributed by atoms with Gasteiger partial charge in [0.25, 0.3) is 0 Å². The van der Waals surface area contributed by atoms with E-state index in [-0.39, 0.29) is 24.3 Å². The van der Waals surface area contributed by atoms with Crippen LogP contribution in [0.1, 0.15) is 29.2 Å². The second-order valence-electron chi connectivity index (χ2n) is 6.79. The average Bonchev–Trinajstić information content (AvgIpc) is 2.92. The number of alkyl halides is 3. The Kier molecular flexibility index (Phi) is 4.26. The fourth-order valence-electron chi connectivity index (χ4n) is 4.04. The monoisotopic (exact) mass is 363 g/mol. The Labute approximate surface area is 150 Å². The van der Waals surface area contributed by atoms with E-state index in [1.807, 2.05) is 6.07 Å². The summed E-state index contributed by atoms with van der Waals surface area (Å²) >= 11 is 0. The highest BCUT2D eigenvalue weighted by molar-refractivity contribution is 5.69. The van der Waals surface area contributed by atoms with Crippen LogP contribution in [0.5, 0.6) is 5.75 Å². The van der Waals surface area contributed by atoms with E-state index in [0.717, 1.165) is 24.6 Å². The van der Waals surface area contributed by atoms with Crippen molar-refractivity contribution in [1.29, 1.82) is 0 Å². The van der Waals surface area contributed by atoms with E-state index in [4.69, 9.17) is 4.74 Å². The minimum atomic E-state index is -4.43. The molecule has 1 N–H and O–H groups in total. The van der Waals surface area contributed by atoms with E-state index in [2.05, 4.69) is 10.3 Å². The first-order valence-electron chi connectivity index (χ1n) is 8.66. The number of rotatable bonds is 3. The zero-order valence-corrected chi connectivity index (χ0v) is 14.4. The average molecular weight is 363 g/mol. The molecule has 2 aliphatic heterocycles. The Bertz CT molecular complexity index is 795. The van der Waals surface area contributed by atoms with Crippen LogP contribution >= 0.6 is 0 Å². The van der Waals surface area contributed by atoms with E-state index in [1.165, 1.54) is 0 Å². The molecule has 0 aliphatic carbocycles. The maximum Gasteiger partial charge on any atom is 0.418 e. The quantitative estimate of drug-likeness (QED) is 0.905. The normalized spacial score (nSPS) is 22.1. The minimum Gasteiger partial charge on any atom is -0.487 e. The van der Waals surface area contributed by atoms with Crippen LogP contribution in [0.3, 0.4) is 0 Å². The standard InChI is InChI=1S/C19H20F3N3O/c1-25-17-5-7-23-10-15(17)14-8-13(9-16(18(14)25)19(20,21)22)26-11-12-4-2-3-6-24-12/h2-4,6,8-9,15,17,23H,5,7,10-11H2,1H3/t15-,17-/m0/s1. The van der Waals surface area contributed by atoms with Crippen molar-refractivity contribution in [3.8, 4) is 5.75 Å². The number of ether oxygens (including phenoxy) is 1. The number of likely N-dealkylation sites (N-methyl/N-ethyl adjacent to an activating group) is 1. The number of piperidine rings is 1. The second-order valence-corrected chi connectivity index (χ2v) is 6.79. The van der Waals surface area contributed by atoms with Gasteiger partial charge in [0.1, 0.15) is 12.4 Å². The van der Waals surface area contributed by atoms with Gasteiger partial charge in [-0.05, 0) is 42.8 Å². The number of hydrogen-bond acceptors (Lipinski definition) is 4. The molecular weight excluding hydrogens is 343 g/mol. The number of aromatic nitrogens is 1. The van der Waals surface area contributed by atoms with Crippen LogP contribution in [0.4, 0.5) is 18.9 Å². The van der Waals surface area contributed by atoms with Crippen LogP contribution < -0.4 is 15.0 Å². The number of nitrogens with one attached hydrogen (secondary N) is 1. The van der Waals surface area contributed by atoms with Crippen molar-refractivity contribution < 1.29 is 17.9 Å². The predicted octanol–water partition coefficient (Wildman–Crippen LogP) is 3.57. The molecule has 2 aliphatic rings. The maximum atomic E-state index is 13.7. The molecule has 7 heteroatoms. The van der Waals surface area contributed by atoms with Gasteiger partial charge in [0.05, 0.1) is 16.9 Å². The smallest absolute Gasteiger partial charge is 0.418 e. The Balaban J connectivity index is 1.71. The SMILES string of the molecule is CN1c2c(cc(OCc3ccccn3)cc2C(F)(F)F)[C@@H]2CNCC[C@@H]21.